The highest BCUT2D eigenvalue weighted by atomic mass is 35.5. The molecule has 1 heterocycles. The summed E-state index contributed by atoms with van der Waals surface area (Å²) < 4.78 is 0. The Kier molecular flexibility index (Phi) is 4.07. The van der Waals surface area contributed by atoms with E-state index in [1.54, 1.807) is 4.90 Å². The molecule has 0 aliphatic carbocycles. The van der Waals surface area contributed by atoms with Crippen LogP contribution in [0.5, 0.6) is 0 Å². The van der Waals surface area contributed by atoms with Crippen molar-refractivity contribution in [2.45, 2.75) is 6.92 Å². The van der Waals surface area contributed by atoms with Gasteiger partial charge in [0.15, 0.2) is 0 Å². The van der Waals surface area contributed by atoms with Crippen molar-refractivity contribution in [2.75, 3.05) is 24.3 Å². The molecule has 0 saturated carbocycles. The van der Waals surface area contributed by atoms with E-state index < -0.39 is 0 Å². The third-order valence-electron chi connectivity index (χ3n) is 2.37. The first-order chi connectivity index (χ1) is 8.95. The molecule has 0 fully saturated rings. The quantitative estimate of drug-likeness (QED) is 0.942. The summed E-state index contributed by atoms with van der Waals surface area (Å²) in [6, 6.07) is 5.67. The summed E-state index contributed by atoms with van der Waals surface area (Å²) in [4.78, 5) is 14.0. The second-order valence-corrected chi connectivity index (χ2v) is 4.98. The molecule has 0 aliphatic heterocycles. The van der Waals surface area contributed by atoms with Crippen molar-refractivity contribution in [2.24, 2.45) is 0 Å². The summed E-state index contributed by atoms with van der Waals surface area (Å²) in [5, 5.41) is 3.76. The van der Waals surface area contributed by atoms with Gasteiger partial charge in [0, 0.05) is 14.1 Å². The van der Waals surface area contributed by atoms with Crippen LogP contribution in [0.4, 0.5) is 17.6 Å². The van der Waals surface area contributed by atoms with Crippen LogP contribution in [0.3, 0.4) is 0 Å². The van der Waals surface area contributed by atoms with E-state index in [-0.39, 0.29) is 5.28 Å². The van der Waals surface area contributed by atoms with E-state index >= 15 is 0 Å². The largest absolute Gasteiger partial charge is 0.347 e. The van der Waals surface area contributed by atoms with Gasteiger partial charge >= 0.3 is 0 Å². The van der Waals surface area contributed by atoms with Gasteiger partial charge in [-0.3, -0.25) is 0 Å². The number of hydrogen-bond acceptors (Lipinski definition) is 5. The van der Waals surface area contributed by atoms with Crippen molar-refractivity contribution in [3.05, 3.63) is 34.1 Å². The Bertz CT molecular complexity index is 601. The number of benzene rings is 1. The highest BCUT2D eigenvalue weighted by molar-refractivity contribution is 6.33. The molecule has 0 saturated heterocycles. The van der Waals surface area contributed by atoms with E-state index in [0.29, 0.717) is 16.9 Å². The second-order valence-electron chi connectivity index (χ2n) is 4.23. The normalized spacial score (nSPS) is 10.4. The number of nitrogens with zero attached hydrogens (tertiary/aromatic N) is 4. The van der Waals surface area contributed by atoms with Gasteiger partial charge in [-0.25, -0.2) is 0 Å². The van der Waals surface area contributed by atoms with E-state index in [4.69, 9.17) is 23.2 Å². The van der Waals surface area contributed by atoms with Crippen LogP contribution in [-0.2, 0) is 0 Å². The maximum absolute atomic E-state index is 6.14. The lowest BCUT2D eigenvalue weighted by molar-refractivity contribution is 0.961. The molecule has 0 bridgehead atoms. The topological polar surface area (TPSA) is 53.9 Å². The smallest absolute Gasteiger partial charge is 0.233 e. The lowest BCUT2D eigenvalue weighted by Gasteiger charge is -2.12. The van der Waals surface area contributed by atoms with Gasteiger partial charge in [-0.2, -0.15) is 15.0 Å². The molecular formula is C12H13Cl2N5. The summed E-state index contributed by atoms with van der Waals surface area (Å²) in [5.41, 5.74) is 1.80. The van der Waals surface area contributed by atoms with Crippen molar-refractivity contribution in [1.82, 2.24) is 15.0 Å². The predicted molar refractivity (Wildman–Crippen MR) is 78.6 cm³/mol. The van der Waals surface area contributed by atoms with Crippen molar-refractivity contribution in [3.63, 3.8) is 0 Å². The molecule has 19 heavy (non-hydrogen) atoms. The zero-order valence-electron chi connectivity index (χ0n) is 10.8. The Hall–Kier alpha value is -1.59. The van der Waals surface area contributed by atoms with Gasteiger partial charge in [0.25, 0.3) is 0 Å². The average molecular weight is 298 g/mol. The molecule has 1 aromatic carbocycles. The predicted octanol–water partition coefficient (Wildman–Crippen LogP) is 3.30. The Morgan fingerprint density at radius 1 is 1.11 bits per heavy atom. The maximum Gasteiger partial charge on any atom is 0.233 e. The lowest BCUT2D eigenvalue weighted by atomic mass is 10.2. The molecule has 0 spiro atoms. The molecule has 1 N–H and O–H groups in total. The number of rotatable bonds is 3. The number of aromatic nitrogens is 3. The third-order valence-corrected chi connectivity index (χ3v) is 2.85. The Morgan fingerprint density at radius 2 is 1.84 bits per heavy atom. The van der Waals surface area contributed by atoms with Crippen LogP contribution in [0.15, 0.2) is 18.2 Å². The zero-order chi connectivity index (χ0) is 14.0. The Balaban J connectivity index is 2.32. The van der Waals surface area contributed by atoms with Crippen molar-refractivity contribution >= 4 is 40.8 Å². The Morgan fingerprint density at radius 3 is 2.47 bits per heavy atom. The standard InChI is InChI=1S/C12H13Cl2N5/c1-7-4-5-9(8(13)6-7)15-11-16-10(14)17-12(18-11)19(2)3/h4-6H,1-3H3,(H,15,16,17,18). The first-order valence-electron chi connectivity index (χ1n) is 5.58. The molecule has 2 aromatic rings. The van der Waals surface area contributed by atoms with Crippen LogP contribution in [0.1, 0.15) is 5.56 Å². The van der Waals surface area contributed by atoms with Gasteiger partial charge in [-0.1, -0.05) is 17.7 Å². The second kappa shape index (κ2) is 5.59. The number of hydrogen-bond donors (Lipinski definition) is 1. The van der Waals surface area contributed by atoms with Crippen molar-refractivity contribution in [3.8, 4) is 0 Å². The molecule has 0 radical (unpaired) electrons. The SMILES string of the molecule is Cc1ccc(Nc2nc(Cl)nc(N(C)C)n2)c(Cl)c1. The molecule has 7 heteroatoms. The minimum absolute atomic E-state index is 0.129. The van der Waals surface area contributed by atoms with Gasteiger partial charge in [0.1, 0.15) is 0 Å². The molecular weight excluding hydrogens is 285 g/mol. The molecule has 0 amide bonds. The summed E-state index contributed by atoms with van der Waals surface area (Å²) in [7, 11) is 3.66. The van der Waals surface area contributed by atoms with Crippen molar-refractivity contribution in [1.29, 1.82) is 0 Å². The highest BCUT2D eigenvalue weighted by Crippen LogP contribution is 2.25. The fourth-order valence-electron chi connectivity index (χ4n) is 1.44. The third kappa shape index (κ3) is 3.45. The number of aryl methyl sites for hydroxylation is 1. The molecule has 1 aromatic heterocycles. The van der Waals surface area contributed by atoms with Crippen LogP contribution in [0.2, 0.25) is 10.3 Å². The summed E-state index contributed by atoms with van der Waals surface area (Å²) >= 11 is 12.0. The lowest BCUT2D eigenvalue weighted by Crippen LogP contribution is -2.14. The van der Waals surface area contributed by atoms with Crippen LogP contribution < -0.4 is 10.2 Å². The molecule has 100 valence electrons. The van der Waals surface area contributed by atoms with Crippen LogP contribution >= 0.6 is 23.2 Å². The van der Waals surface area contributed by atoms with E-state index in [9.17, 15) is 0 Å². The van der Waals surface area contributed by atoms with Gasteiger partial charge in [0.2, 0.25) is 17.2 Å². The monoisotopic (exact) mass is 297 g/mol. The van der Waals surface area contributed by atoms with Crippen molar-refractivity contribution < 1.29 is 0 Å². The van der Waals surface area contributed by atoms with Crippen LogP contribution in [0.25, 0.3) is 0 Å². The highest BCUT2D eigenvalue weighted by Gasteiger charge is 2.08. The molecule has 2 rings (SSSR count). The zero-order valence-corrected chi connectivity index (χ0v) is 12.3. The minimum atomic E-state index is 0.129. The maximum atomic E-state index is 6.14. The van der Waals surface area contributed by atoms with Gasteiger partial charge in [0.05, 0.1) is 10.7 Å². The molecule has 0 aliphatic rings. The van der Waals surface area contributed by atoms with E-state index in [1.807, 2.05) is 39.2 Å². The molecule has 0 unspecified atom stereocenters. The van der Waals surface area contributed by atoms with Crippen LogP contribution in [-0.4, -0.2) is 29.0 Å². The number of halogens is 2. The molecule has 0 atom stereocenters. The summed E-state index contributed by atoms with van der Waals surface area (Å²) in [5.74, 6) is 0.834. The summed E-state index contributed by atoms with van der Waals surface area (Å²) in [6.07, 6.45) is 0. The van der Waals surface area contributed by atoms with E-state index in [2.05, 4.69) is 20.3 Å². The molecule has 5 nitrogen and oxygen atoms in total. The van der Waals surface area contributed by atoms with E-state index in [0.717, 1.165) is 11.3 Å². The first kappa shape index (κ1) is 13.8. The Labute approximate surface area is 121 Å². The van der Waals surface area contributed by atoms with E-state index in [1.165, 1.54) is 0 Å². The fourth-order valence-corrected chi connectivity index (χ4v) is 1.88. The minimum Gasteiger partial charge on any atom is -0.347 e. The van der Waals surface area contributed by atoms with Crippen LogP contribution in [0, 0.1) is 6.92 Å². The van der Waals surface area contributed by atoms with Gasteiger partial charge in [-0.05, 0) is 36.2 Å². The number of anilines is 3. The summed E-state index contributed by atoms with van der Waals surface area (Å²) in [6.45, 7) is 1.97. The average Bonchev–Trinajstić information content (AvgIpc) is 2.32. The van der Waals surface area contributed by atoms with Gasteiger partial charge < -0.3 is 10.2 Å². The first-order valence-corrected chi connectivity index (χ1v) is 6.33. The fraction of sp³-hybridized carbons (Fsp3) is 0.250. The number of nitrogens with one attached hydrogen (secondary N) is 1. The van der Waals surface area contributed by atoms with Gasteiger partial charge in [-0.15, -0.1) is 0 Å².